The molecule has 25 heavy (non-hydrogen) atoms. The zero-order chi connectivity index (χ0) is 18.0. The van der Waals surface area contributed by atoms with Crippen molar-refractivity contribution in [3.8, 4) is 5.75 Å². The Labute approximate surface area is 143 Å². The van der Waals surface area contributed by atoms with Crippen LogP contribution in [0.15, 0.2) is 36.4 Å². The van der Waals surface area contributed by atoms with Gasteiger partial charge in [0.25, 0.3) is 5.69 Å². The van der Waals surface area contributed by atoms with E-state index in [1.807, 2.05) is 9.80 Å². The zero-order valence-corrected chi connectivity index (χ0v) is 13.6. The molecule has 132 valence electrons. The fraction of sp³-hybridized carbons (Fsp3) is 0.294. The lowest BCUT2D eigenvalue weighted by atomic mass is 10.2. The van der Waals surface area contributed by atoms with E-state index in [1.54, 1.807) is 12.1 Å². The second-order valence-electron chi connectivity index (χ2n) is 5.68. The summed E-state index contributed by atoms with van der Waals surface area (Å²) in [5.41, 5.74) is 0.877. The molecule has 0 spiro atoms. The SMILES string of the molecule is COc1ccc(N2CCN(c3ccc(F)cc3[N+](=O)[O-])CC2)cc1F. The second-order valence-corrected chi connectivity index (χ2v) is 5.68. The maximum Gasteiger partial charge on any atom is 0.295 e. The molecule has 0 N–H and O–H groups in total. The van der Waals surface area contributed by atoms with Crippen molar-refractivity contribution in [2.24, 2.45) is 0 Å². The molecule has 6 nitrogen and oxygen atoms in total. The molecule has 1 saturated heterocycles. The van der Waals surface area contributed by atoms with Gasteiger partial charge in [-0.15, -0.1) is 0 Å². The second kappa shape index (κ2) is 6.92. The Balaban J connectivity index is 1.74. The van der Waals surface area contributed by atoms with Crippen molar-refractivity contribution >= 4 is 17.1 Å². The lowest BCUT2D eigenvalue weighted by Gasteiger charge is -2.37. The number of halogens is 2. The Morgan fingerprint density at radius 3 is 2.32 bits per heavy atom. The van der Waals surface area contributed by atoms with Crippen molar-refractivity contribution in [2.75, 3.05) is 43.1 Å². The van der Waals surface area contributed by atoms with Crippen LogP contribution in [0.4, 0.5) is 25.8 Å². The van der Waals surface area contributed by atoms with E-state index in [2.05, 4.69) is 0 Å². The van der Waals surface area contributed by atoms with Gasteiger partial charge in [0.15, 0.2) is 11.6 Å². The molecule has 0 radical (unpaired) electrons. The highest BCUT2D eigenvalue weighted by Crippen LogP contribution is 2.31. The van der Waals surface area contributed by atoms with Crippen molar-refractivity contribution < 1.29 is 18.4 Å². The molecule has 0 unspecified atom stereocenters. The lowest BCUT2D eigenvalue weighted by molar-refractivity contribution is -0.384. The third-order valence-electron chi connectivity index (χ3n) is 4.26. The number of hydrogen-bond acceptors (Lipinski definition) is 5. The van der Waals surface area contributed by atoms with E-state index in [1.165, 1.54) is 25.3 Å². The van der Waals surface area contributed by atoms with Crippen LogP contribution in [-0.2, 0) is 0 Å². The molecule has 0 amide bonds. The van der Waals surface area contributed by atoms with E-state index >= 15 is 0 Å². The van der Waals surface area contributed by atoms with Crippen LogP contribution in [0.3, 0.4) is 0 Å². The standard InChI is InChI=1S/C17H17F2N3O3/c1-25-17-5-3-13(11-14(17)19)20-6-8-21(9-7-20)15-4-2-12(18)10-16(15)22(23)24/h2-5,10-11H,6-9H2,1H3. The number of nitro groups is 1. The highest BCUT2D eigenvalue weighted by molar-refractivity contribution is 5.64. The van der Waals surface area contributed by atoms with Gasteiger partial charge in [0.05, 0.1) is 18.1 Å². The predicted octanol–water partition coefficient (Wildman–Crippen LogP) is 3.21. The van der Waals surface area contributed by atoms with Crippen molar-refractivity contribution in [3.05, 3.63) is 58.1 Å². The summed E-state index contributed by atoms with van der Waals surface area (Å²) in [5, 5.41) is 11.1. The van der Waals surface area contributed by atoms with Gasteiger partial charge in [-0.1, -0.05) is 0 Å². The minimum Gasteiger partial charge on any atom is -0.494 e. The minimum atomic E-state index is -0.636. The molecular formula is C17H17F2N3O3. The highest BCUT2D eigenvalue weighted by atomic mass is 19.1. The molecule has 0 saturated carbocycles. The predicted molar refractivity (Wildman–Crippen MR) is 90.4 cm³/mol. The van der Waals surface area contributed by atoms with Crippen LogP contribution in [0, 0.1) is 21.7 Å². The summed E-state index contributed by atoms with van der Waals surface area (Å²) >= 11 is 0. The molecule has 0 aromatic heterocycles. The number of rotatable bonds is 4. The van der Waals surface area contributed by atoms with Gasteiger partial charge in [-0.25, -0.2) is 8.78 Å². The fourth-order valence-corrected chi connectivity index (χ4v) is 2.97. The summed E-state index contributed by atoms with van der Waals surface area (Å²) in [7, 11) is 1.41. The maximum absolute atomic E-state index is 13.9. The first-order chi connectivity index (χ1) is 12.0. The quantitative estimate of drug-likeness (QED) is 0.627. The average molecular weight is 349 g/mol. The summed E-state index contributed by atoms with van der Waals surface area (Å²) in [5.74, 6) is -0.885. The topological polar surface area (TPSA) is 58.8 Å². The van der Waals surface area contributed by atoms with E-state index in [-0.39, 0.29) is 11.4 Å². The van der Waals surface area contributed by atoms with Crippen LogP contribution in [-0.4, -0.2) is 38.2 Å². The van der Waals surface area contributed by atoms with Gasteiger partial charge in [0, 0.05) is 37.9 Å². The number of piperazine rings is 1. The Hall–Kier alpha value is -2.90. The molecule has 8 heteroatoms. The monoisotopic (exact) mass is 349 g/mol. The molecule has 0 atom stereocenters. The number of anilines is 2. The first kappa shape index (κ1) is 16.9. The van der Waals surface area contributed by atoms with Gasteiger partial charge >= 0.3 is 0 Å². The molecule has 0 bridgehead atoms. The van der Waals surface area contributed by atoms with Crippen molar-refractivity contribution in [2.45, 2.75) is 0 Å². The number of hydrogen-bond donors (Lipinski definition) is 0. The van der Waals surface area contributed by atoms with Crippen LogP contribution in [0.1, 0.15) is 0 Å². The largest absolute Gasteiger partial charge is 0.494 e. The Bertz CT molecular complexity index is 793. The normalized spacial score (nSPS) is 14.5. The van der Waals surface area contributed by atoms with E-state index in [0.29, 0.717) is 31.9 Å². The molecule has 3 rings (SSSR count). The molecule has 1 aliphatic rings. The molecule has 1 aliphatic heterocycles. The maximum atomic E-state index is 13.9. The summed E-state index contributed by atoms with van der Waals surface area (Å²) in [4.78, 5) is 14.4. The minimum absolute atomic E-state index is 0.185. The highest BCUT2D eigenvalue weighted by Gasteiger charge is 2.24. The number of nitro benzene ring substituents is 1. The van der Waals surface area contributed by atoms with Crippen LogP contribution < -0.4 is 14.5 Å². The van der Waals surface area contributed by atoms with Crippen LogP contribution in [0.2, 0.25) is 0 Å². The smallest absolute Gasteiger partial charge is 0.295 e. The number of methoxy groups -OCH3 is 1. The molecule has 1 heterocycles. The Morgan fingerprint density at radius 2 is 1.72 bits per heavy atom. The fourth-order valence-electron chi connectivity index (χ4n) is 2.97. The van der Waals surface area contributed by atoms with Crippen LogP contribution in [0.25, 0.3) is 0 Å². The Kier molecular flexibility index (Phi) is 4.69. The summed E-state index contributed by atoms with van der Waals surface area (Å²) in [6, 6.07) is 8.33. The van der Waals surface area contributed by atoms with Crippen molar-refractivity contribution in [3.63, 3.8) is 0 Å². The van der Waals surface area contributed by atoms with Crippen molar-refractivity contribution in [1.82, 2.24) is 0 Å². The summed E-state index contributed by atoms with van der Waals surface area (Å²) < 4.78 is 32.0. The van der Waals surface area contributed by atoms with Gasteiger partial charge in [0.2, 0.25) is 0 Å². The van der Waals surface area contributed by atoms with Crippen LogP contribution >= 0.6 is 0 Å². The first-order valence-corrected chi connectivity index (χ1v) is 7.77. The number of benzene rings is 2. The van der Waals surface area contributed by atoms with Crippen LogP contribution in [0.5, 0.6) is 5.75 Å². The Morgan fingerprint density at radius 1 is 1.04 bits per heavy atom. The average Bonchev–Trinajstić information content (AvgIpc) is 2.61. The van der Waals surface area contributed by atoms with Gasteiger partial charge in [0.1, 0.15) is 11.5 Å². The zero-order valence-electron chi connectivity index (χ0n) is 13.6. The molecule has 1 fully saturated rings. The third kappa shape index (κ3) is 3.47. The van der Waals surface area contributed by atoms with E-state index in [0.717, 1.165) is 11.8 Å². The van der Waals surface area contributed by atoms with Crippen molar-refractivity contribution in [1.29, 1.82) is 0 Å². The van der Waals surface area contributed by atoms with E-state index in [9.17, 15) is 18.9 Å². The van der Waals surface area contributed by atoms with Gasteiger partial charge in [-0.2, -0.15) is 0 Å². The van der Waals surface area contributed by atoms with Gasteiger partial charge < -0.3 is 14.5 Å². The summed E-state index contributed by atoms with van der Waals surface area (Å²) in [6.07, 6.45) is 0. The lowest BCUT2D eigenvalue weighted by Crippen LogP contribution is -2.46. The number of nitrogens with zero attached hydrogens (tertiary/aromatic N) is 3. The number of ether oxygens (including phenoxy) is 1. The molecule has 2 aromatic carbocycles. The molecule has 2 aromatic rings. The molecular weight excluding hydrogens is 332 g/mol. The van der Waals surface area contributed by atoms with E-state index < -0.39 is 16.6 Å². The van der Waals surface area contributed by atoms with Gasteiger partial charge in [-0.05, 0) is 24.3 Å². The molecule has 0 aliphatic carbocycles. The van der Waals surface area contributed by atoms with Gasteiger partial charge in [-0.3, -0.25) is 10.1 Å². The first-order valence-electron chi connectivity index (χ1n) is 7.77. The van der Waals surface area contributed by atoms with E-state index in [4.69, 9.17) is 4.74 Å². The summed E-state index contributed by atoms with van der Waals surface area (Å²) in [6.45, 7) is 2.17. The third-order valence-corrected chi connectivity index (χ3v) is 4.26.